The second-order valence-electron chi connectivity index (χ2n) is 3.09. The average molecular weight is 208 g/mol. The van der Waals surface area contributed by atoms with Crippen LogP contribution in [0.3, 0.4) is 0 Å². The van der Waals surface area contributed by atoms with E-state index >= 15 is 0 Å². The van der Waals surface area contributed by atoms with Crippen LogP contribution in [0.4, 0.5) is 4.39 Å². The Morgan fingerprint density at radius 2 is 2.27 bits per heavy atom. The van der Waals surface area contributed by atoms with Gasteiger partial charge in [0.15, 0.2) is 0 Å². The Hall–Kier alpha value is -1.64. The Bertz CT molecular complexity index is 383. The first-order valence-electron chi connectivity index (χ1n) is 4.74. The summed E-state index contributed by atoms with van der Waals surface area (Å²) in [6.07, 6.45) is 2.85. The zero-order valence-electron chi connectivity index (χ0n) is 8.79. The van der Waals surface area contributed by atoms with Crippen molar-refractivity contribution in [3.8, 4) is 0 Å². The van der Waals surface area contributed by atoms with Gasteiger partial charge >= 0.3 is 5.97 Å². The first kappa shape index (κ1) is 11.4. The van der Waals surface area contributed by atoms with E-state index in [1.807, 2.05) is 6.92 Å². The van der Waals surface area contributed by atoms with Crippen molar-refractivity contribution in [2.75, 3.05) is 6.61 Å². The van der Waals surface area contributed by atoms with E-state index in [1.54, 1.807) is 19.1 Å². The molecular formula is C12H13FO2. The largest absolute Gasteiger partial charge is 0.463 e. The van der Waals surface area contributed by atoms with Crippen molar-refractivity contribution in [2.24, 2.45) is 0 Å². The van der Waals surface area contributed by atoms with Crippen molar-refractivity contribution in [1.29, 1.82) is 0 Å². The monoisotopic (exact) mass is 208 g/mol. The van der Waals surface area contributed by atoms with E-state index in [0.717, 1.165) is 5.56 Å². The van der Waals surface area contributed by atoms with Gasteiger partial charge in [0.25, 0.3) is 0 Å². The smallest absolute Gasteiger partial charge is 0.330 e. The number of ether oxygens (including phenoxy) is 1. The highest BCUT2D eigenvalue weighted by atomic mass is 19.1. The summed E-state index contributed by atoms with van der Waals surface area (Å²) >= 11 is 0. The molecule has 0 heterocycles. The number of carbonyl (C=O) groups is 1. The van der Waals surface area contributed by atoms with E-state index in [2.05, 4.69) is 0 Å². The van der Waals surface area contributed by atoms with Crippen LogP contribution >= 0.6 is 0 Å². The standard InChI is InChI=1S/C12H13FO2/c1-3-15-12(14)7-5-10-8-11(13)6-4-9(10)2/h4-8H,3H2,1-2H3. The van der Waals surface area contributed by atoms with Gasteiger partial charge in [-0.15, -0.1) is 0 Å². The fourth-order valence-electron chi connectivity index (χ4n) is 1.14. The Morgan fingerprint density at radius 1 is 1.53 bits per heavy atom. The molecule has 0 unspecified atom stereocenters. The van der Waals surface area contributed by atoms with Crippen molar-refractivity contribution >= 4 is 12.0 Å². The van der Waals surface area contributed by atoms with E-state index in [-0.39, 0.29) is 5.82 Å². The SMILES string of the molecule is CCOC(=O)C=Cc1cc(F)ccc1C. The minimum atomic E-state index is -0.416. The normalized spacial score (nSPS) is 10.6. The molecule has 0 aromatic heterocycles. The van der Waals surface area contributed by atoms with Crippen molar-refractivity contribution in [1.82, 2.24) is 0 Å². The Labute approximate surface area is 88.4 Å². The number of aryl methyl sites for hydroxylation is 1. The fraction of sp³-hybridized carbons (Fsp3) is 0.250. The lowest BCUT2D eigenvalue weighted by Gasteiger charge is -2.00. The van der Waals surface area contributed by atoms with Gasteiger partial charge in [0.1, 0.15) is 5.82 Å². The number of rotatable bonds is 3. The molecule has 0 saturated carbocycles. The van der Waals surface area contributed by atoms with Crippen LogP contribution in [0.5, 0.6) is 0 Å². The third kappa shape index (κ3) is 3.54. The molecule has 1 aromatic rings. The predicted molar refractivity (Wildman–Crippen MR) is 56.8 cm³/mol. The molecule has 0 amide bonds. The summed E-state index contributed by atoms with van der Waals surface area (Å²) in [6.45, 7) is 3.93. The van der Waals surface area contributed by atoms with Crippen LogP contribution < -0.4 is 0 Å². The zero-order chi connectivity index (χ0) is 11.3. The summed E-state index contributed by atoms with van der Waals surface area (Å²) in [5.41, 5.74) is 1.60. The van der Waals surface area contributed by atoms with E-state index in [0.29, 0.717) is 12.2 Å². The van der Waals surface area contributed by atoms with Gasteiger partial charge in [-0.3, -0.25) is 0 Å². The van der Waals surface area contributed by atoms with Gasteiger partial charge in [-0.2, -0.15) is 0 Å². The number of halogens is 1. The van der Waals surface area contributed by atoms with Crippen molar-refractivity contribution in [2.45, 2.75) is 13.8 Å². The molecule has 0 bridgehead atoms. The van der Waals surface area contributed by atoms with Gasteiger partial charge in [0.2, 0.25) is 0 Å². The molecule has 1 rings (SSSR count). The molecule has 0 saturated heterocycles. The summed E-state index contributed by atoms with van der Waals surface area (Å²) in [6, 6.07) is 4.43. The van der Waals surface area contributed by atoms with Crippen molar-refractivity contribution in [3.05, 3.63) is 41.2 Å². The predicted octanol–water partition coefficient (Wildman–Crippen LogP) is 2.71. The minimum absolute atomic E-state index is 0.316. The molecule has 2 nitrogen and oxygen atoms in total. The van der Waals surface area contributed by atoms with Gasteiger partial charge in [0.05, 0.1) is 6.61 Å². The molecule has 0 aliphatic rings. The third-order valence-corrected chi connectivity index (χ3v) is 1.93. The zero-order valence-corrected chi connectivity index (χ0v) is 8.79. The molecule has 0 N–H and O–H groups in total. The van der Waals surface area contributed by atoms with Crippen LogP contribution in [0.25, 0.3) is 6.08 Å². The maximum atomic E-state index is 12.9. The first-order chi connectivity index (χ1) is 7.13. The Kier molecular flexibility index (Phi) is 4.03. The summed E-state index contributed by atoms with van der Waals surface area (Å²) in [4.78, 5) is 11.0. The van der Waals surface area contributed by atoms with Crippen molar-refractivity contribution < 1.29 is 13.9 Å². The molecule has 80 valence electrons. The molecule has 0 radical (unpaired) electrons. The van der Waals surface area contributed by atoms with Gasteiger partial charge in [-0.1, -0.05) is 6.07 Å². The van der Waals surface area contributed by atoms with Crippen LogP contribution in [0.2, 0.25) is 0 Å². The van der Waals surface area contributed by atoms with Crippen LogP contribution in [0.1, 0.15) is 18.1 Å². The fourth-order valence-corrected chi connectivity index (χ4v) is 1.14. The lowest BCUT2D eigenvalue weighted by Crippen LogP contribution is -1.98. The molecule has 3 heteroatoms. The summed E-state index contributed by atoms with van der Waals surface area (Å²) in [7, 11) is 0. The van der Waals surface area contributed by atoms with Gasteiger partial charge in [-0.25, -0.2) is 9.18 Å². The van der Waals surface area contributed by atoms with E-state index in [1.165, 1.54) is 18.2 Å². The lowest BCUT2D eigenvalue weighted by molar-refractivity contribution is -0.137. The Balaban J connectivity index is 2.79. The van der Waals surface area contributed by atoms with E-state index < -0.39 is 5.97 Å². The molecule has 15 heavy (non-hydrogen) atoms. The number of benzene rings is 1. The highest BCUT2D eigenvalue weighted by Crippen LogP contribution is 2.11. The lowest BCUT2D eigenvalue weighted by atomic mass is 10.1. The highest BCUT2D eigenvalue weighted by molar-refractivity contribution is 5.87. The molecule has 1 aromatic carbocycles. The number of hydrogen-bond acceptors (Lipinski definition) is 2. The molecule has 0 atom stereocenters. The Morgan fingerprint density at radius 3 is 2.93 bits per heavy atom. The minimum Gasteiger partial charge on any atom is -0.463 e. The first-order valence-corrected chi connectivity index (χ1v) is 4.74. The highest BCUT2D eigenvalue weighted by Gasteiger charge is 1.98. The summed E-state index contributed by atoms with van der Waals surface area (Å²) in [5.74, 6) is -0.731. The van der Waals surface area contributed by atoms with Crippen molar-refractivity contribution in [3.63, 3.8) is 0 Å². The average Bonchev–Trinajstić information content (AvgIpc) is 2.20. The quantitative estimate of drug-likeness (QED) is 0.564. The van der Waals surface area contributed by atoms with Crippen LogP contribution in [0.15, 0.2) is 24.3 Å². The second-order valence-corrected chi connectivity index (χ2v) is 3.09. The molecular weight excluding hydrogens is 195 g/mol. The number of hydrogen-bond donors (Lipinski definition) is 0. The van der Waals surface area contributed by atoms with E-state index in [9.17, 15) is 9.18 Å². The molecule has 0 fully saturated rings. The maximum absolute atomic E-state index is 12.9. The second kappa shape index (κ2) is 5.29. The molecule has 0 aliphatic heterocycles. The number of carbonyl (C=O) groups excluding carboxylic acids is 1. The van der Waals surface area contributed by atoms with Gasteiger partial charge < -0.3 is 4.74 Å². The molecule has 0 spiro atoms. The molecule has 0 aliphatic carbocycles. The van der Waals surface area contributed by atoms with Gasteiger partial charge in [0, 0.05) is 6.08 Å². The summed E-state index contributed by atoms with van der Waals surface area (Å²) < 4.78 is 17.6. The van der Waals surface area contributed by atoms with Crippen LogP contribution in [-0.2, 0) is 9.53 Å². The van der Waals surface area contributed by atoms with Gasteiger partial charge in [-0.05, 0) is 43.2 Å². The van der Waals surface area contributed by atoms with Crippen LogP contribution in [0, 0.1) is 12.7 Å². The number of esters is 1. The van der Waals surface area contributed by atoms with Crippen LogP contribution in [-0.4, -0.2) is 12.6 Å². The van der Waals surface area contributed by atoms with E-state index in [4.69, 9.17) is 4.74 Å². The topological polar surface area (TPSA) is 26.3 Å². The maximum Gasteiger partial charge on any atom is 0.330 e. The summed E-state index contributed by atoms with van der Waals surface area (Å²) in [5, 5.41) is 0. The third-order valence-electron chi connectivity index (χ3n) is 1.93.